The second-order valence-electron chi connectivity index (χ2n) is 4.90. The SMILES string of the molecule is Nc1ncc(-c2ccc(NC(=O)[C@H]3CCCN3)cc2)[nH]1. The third-order valence-electron chi connectivity index (χ3n) is 3.44. The van der Waals surface area contributed by atoms with Crippen LogP contribution in [0.15, 0.2) is 30.5 Å². The number of aromatic amines is 1. The van der Waals surface area contributed by atoms with E-state index in [1.807, 2.05) is 24.3 Å². The number of nitrogen functional groups attached to an aromatic ring is 1. The van der Waals surface area contributed by atoms with Crippen LogP contribution < -0.4 is 16.4 Å². The number of carbonyl (C=O) groups is 1. The van der Waals surface area contributed by atoms with E-state index >= 15 is 0 Å². The van der Waals surface area contributed by atoms with E-state index in [-0.39, 0.29) is 11.9 Å². The quantitative estimate of drug-likeness (QED) is 0.677. The number of anilines is 2. The zero-order valence-electron chi connectivity index (χ0n) is 11.0. The van der Waals surface area contributed by atoms with E-state index in [4.69, 9.17) is 5.73 Å². The molecule has 1 fully saturated rings. The number of amides is 1. The number of rotatable bonds is 3. The van der Waals surface area contributed by atoms with Gasteiger partial charge in [-0.05, 0) is 37.1 Å². The van der Waals surface area contributed by atoms with Gasteiger partial charge in [0.1, 0.15) is 0 Å². The molecule has 0 bridgehead atoms. The Bertz CT molecular complexity index is 598. The molecule has 5 N–H and O–H groups in total. The van der Waals surface area contributed by atoms with Crippen LogP contribution in [0.3, 0.4) is 0 Å². The van der Waals surface area contributed by atoms with Crippen molar-refractivity contribution < 1.29 is 4.79 Å². The summed E-state index contributed by atoms with van der Waals surface area (Å²) in [7, 11) is 0. The lowest BCUT2D eigenvalue weighted by Gasteiger charge is -2.11. The molecule has 2 heterocycles. The van der Waals surface area contributed by atoms with E-state index in [0.29, 0.717) is 5.95 Å². The van der Waals surface area contributed by atoms with Gasteiger partial charge in [0.25, 0.3) is 0 Å². The first-order valence-electron chi connectivity index (χ1n) is 6.67. The number of nitrogens with two attached hydrogens (primary N) is 1. The highest BCUT2D eigenvalue weighted by Crippen LogP contribution is 2.20. The van der Waals surface area contributed by atoms with E-state index < -0.39 is 0 Å². The molecule has 6 heteroatoms. The number of benzene rings is 1. The first-order valence-corrected chi connectivity index (χ1v) is 6.67. The fourth-order valence-electron chi connectivity index (χ4n) is 2.35. The summed E-state index contributed by atoms with van der Waals surface area (Å²) < 4.78 is 0. The normalized spacial score (nSPS) is 18.1. The van der Waals surface area contributed by atoms with Crippen molar-refractivity contribution in [1.82, 2.24) is 15.3 Å². The number of hydrogen-bond donors (Lipinski definition) is 4. The molecule has 1 aliphatic rings. The predicted molar refractivity (Wildman–Crippen MR) is 78.1 cm³/mol. The molecule has 1 saturated heterocycles. The van der Waals surface area contributed by atoms with Crippen molar-refractivity contribution in [2.45, 2.75) is 18.9 Å². The van der Waals surface area contributed by atoms with Gasteiger partial charge in [-0.25, -0.2) is 4.98 Å². The Balaban J connectivity index is 1.68. The van der Waals surface area contributed by atoms with Crippen LogP contribution in [-0.2, 0) is 4.79 Å². The van der Waals surface area contributed by atoms with Crippen molar-refractivity contribution in [3.8, 4) is 11.3 Å². The van der Waals surface area contributed by atoms with Crippen LogP contribution in [0.4, 0.5) is 11.6 Å². The molecule has 6 nitrogen and oxygen atoms in total. The molecule has 2 aromatic rings. The van der Waals surface area contributed by atoms with Gasteiger partial charge in [-0.15, -0.1) is 0 Å². The van der Waals surface area contributed by atoms with Crippen molar-refractivity contribution in [3.05, 3.63) is 30.5 Å². The smallest absolute Gasteiger partial charge is 0.241 e. The van der Waals surface area contributed by atoms with Crippen LogP contribution in [0.25, 0.3) is 11.3 Å². The number of imidazole rings is 1. The number of carbonyl (C=O) groups excluding carboxylic acids is 1. The summed E-state index contributed by atoms with van der Waals surface area (Å²) >= 11 is 0. The zero-order valence-corrected chi connectivity index (χ0v) is 11.0. The molecule has 1 aromatic carbocycles. The van der Waals surface area contributed by atoms with Crippen LogP contribution in [0, 0.1) is 0 Å². The average Bonchev–Trinajstić information content (AvgIpc) is 3.10. The molecule has 0 spiro atoms. The Kier molecular flexibility index (Phi) is 3.39. The molecule has 1 atom stereocenters. The molecular weight excluding hydrogens is 254 g/mol. The minimum atomic E-state index is -0.0675. The minimum Gasteiger partial charge on any atom is -0.369 e. The van der Waals surface area contributed by atoms with Crippen molar-refractivity contribution in [1.29, 1.82) is 0 Å². The molecule has 0 saturated carbocycles. The van der Waals surface area contributed by atoms with Gasteiger partial charge in [0, 0.05) is 5.69 Å². The third kappa shape index (κ3) is 2.65. The largest absolute Gasteiger partial charge is 0.369 e. The highest BCUT2D eigenvalue weighted by atomic mass is 16.2. The molecular formula is C14H17N5O. The number of H-pyrrole nitrogens is 1. The van der Waals surface area contributed by atoms with E-state index in [0.717, 1.165) is 36.3 Å². The van der Waals surface area contributed by atoms with Gasteiger partial charge < -0.3 is 21.4 Å². The van der Waals surface area contributed by atoms with Gasteiger partial charge in [-0.2, -0.15) is 0 Å². The molecule has 1 aliphatic heterocycles. The summed E-state index contributed by atoms with van der Waals surface area (Å²) in [5, 5.41) is 6.09. The fourth-order valence-corrected chi connectivity index (χ4v) is 2.35. The van der Waals surface area contributed by atoms with Crippen molar-refractivity contribution in [3.63, 3.8) is 0 Å². The van der Waals surface area contributed by atoms with Crippen LogP contribution in [0.2, 0.25) is 0 Å². The Morgan fingerprint density at radius 1 is 1.35 bits per heavy atom. The van der Waals surface area contributed by atoms with Crippen LogP contribution in [0.5, 0.6) is 0 Å². The molecule has 20 heavy (non-hydrogen) atoms. The molecule has 1 amide bonds. The molecule has 3 rings (SSSR count). The van der Waals surface area contributed by atoms with Gasteiger partial charge in [-0.1, -0.05) is 12.1 Å². The summed E-state index contributed by atoms with van der Waals surface area (Å²) in [4.78, 5) is 18.9. The number of aromatic nitrogens is 2. The van der Waals surface area contributed by atoms with Crippen LogP contribution >= 0.6 is 0 Å². The maximum Gasteiger partial charge on any atom is 0.241 e. The predicted octanol–water partition coefficient (Wildman–Crippen LogP) is 1.35. The highest BCUT2D eigenvalue weighted by molar-refractivity contribution is 5.95. The van der Waals surface area contributed by atoms with Crippen molar-refractivity contribution >= 4 is 17.5 Å². The third-order valence-corrected chi connectivity index (χ3v) is 3.44. The van der Waals surface area contributed by atoms with Gasteiger partial charge in [0.05, 0.1) is 17.9 Å². The maximum absolute atomic E-state index is 12.0. The van der Waals surface area contributed by atoms with E-state index in [1.165, 1.54) is 0 Å². The van der Waals surface area contributed by atoms with Gasteiger partial charge in [-0.3, -0.25) is 4.79 Å². The molecule has 0 radical (unpaired) electrons. The van der Waals surface area contributed by atoms with E-state index in [9.17, 15) is 4.79 Å². The summed E-state index contributed by atoms with van der Waals surface area (Å²) in [6.45, 7) is 0.915. The molecule has 0 aliphatic carbocycles. The summed E-state index contributed by atoms with van der Waals surface area (Å²) in [6.07, 6.45) is 3.64. The number of nitrogens with zero attached hydrogens (tertiary/aromatic N) is 1. The second-order valence-corrected chi connectivity index (χ2v) is 4.90. The average molecular weight is 271 g/mol. The topological polar surface area (TPSA) is 95.8 Å². The summed E-state index contributed by atoms with van der Waals surface area (Å²) in [6, 6.07) is 7.52. The van der Waals surface area contributed by atoms with Gasteiger partial charge in [0.15, 0.2) is 5.95 Å². The Morgan fingerprint density at radius 2 is 2.15 bits per heavy atom. The van der Waals surface area contributed by atoms with Crippen molar-refractivity contribution in [2.75, 3.05) is 17.6 Å². The van der Waals surface area contributed by atoms with Gasteiger partial charge in [0.2, 0.25) is 5.91 Å². The first kappa shape index (κ1) is 12.7. The number of nitrogens with one attached hydrogen (secondary N) is 3. The van der Waals surface area contributed by atoms with E-state index in [1.54, 1.807) is 6.20 Å². The van der Waals surface area contributed by atoms with Crippen molar-refractivity contribution in [2.24, 2.45) is 0 Å². The Morgan fingerprint density at radius 3 is 2.75 bits per heavy atom. The molecule has 1 aromatic heterocycles. The molecule has 104 valence electrons. The van der Waals surface area contributed by atoms with Crippen LogP contribution in [0.1, 0.15) is 12.8 Å². The summed E-state index contributed by atoms with van der Waals surface area (Å²) in [5.41, 5.74) is 8.18. The minimum absolute atomic E-state index is 0.0287. The van der Waals surface area contributed by atoms with Gasteiger partial charge >= 0.3 is 0 Å². The fraction of sp³-hybridized carbons (Fsp3) is 0.286. The molecule has 0 unspecified atom stereocenters. The lowest BCUT2D eigenvalue weighted by Crippen LogP contribution is -2.35. The monoisotopic (exact) mass is 271 g/mol. The number of hydrogen-bond acceptors (Lipinski definition) is 4. The Labute approximate surface area is 116 Å². The highest BCUT2D eigenvalue weighted by Gasteiger charge is 2.21. The maximum atomic E-state index is 12.0. The Hall–Kier alpha value is -2.34. The lowest BCUT2D eigenvalue weighted by molar-refractivity contribution is -0.117. The zero-order chi connectivity index (χ0) is 13.9. The van der Waals surface area contributed by atoms with E-state index in [2.05, 4.69) is 20.6 Å². The summed E-state index contributed by atoms with van der Waals surface area (Å²) in [5.74, 6) is 0.422. The first-order chi connectivity index (χ1) is 9.72. The standard InChI is InChI=1S/C14H17N5O/c15-14-17-8-12(19-14)9-3-5-10(6-4-9)18-13(20)11-2-1-7-16-11/h3-6,8,11,16H,1-2,7H2,(H,18,20)(H3,15,17,19)/t11-/m1/s1. The van der Waals surface area contributed by atoms with Crippen LogP contribution in [-0.4, -0.2) is 28.5 Å². The second kappa shape index (κ2) is 5.34. The lowest BCUT2D eigenvalue weighted by atomic mass is 10.1.